The SMILES string of the molecule is CS(=S)NCc1ccc(C#N)cc1. The maximum Gasteiger partial charge on any atom is 0.0991 e. The summed E-state index contributed by atoms with van der Waals surface area (Å²) in [5.41, 5.74) is 1.85. The zero-order chi connectivity index (χ0) is 9.68. The third-order valence-corrected chi connectivity index (χ3v) is 2.47. The van der Waals surface area contributed by atoms with Crippen LogP contribution in [-0.4, -0.2) is 6.26 Å². The average Bonchev–Trinajstić information content (AvgIpc) is 2.15. The maximum atomic E-state index is 8.57. The lowest BCUT2D eigenvalue weighted by Gasteiger charge is -2.02. The minimum atomic E-state index is -0.155. The van der Waals surface area contributed by atoms with Crippen molar-refractivity contribution < 1.29 is 0 Å². The Morgan fingerprint density at radius 2 is 2.08 bits per heavy atom. The van der Waals surface area contributed by atoms with Gasteiger partial charge in [-0.05, 0) is 35.1 Å². The second kappa shape index (κ2) is 5.07. The molecule has 1 unspecified atom stereocenters. The van der Waals surface area contributed by atoms with E-state index >= 15 is 0 Å². The lowest BCUT2D eigenvalue weighted by molar-refractivity contribution is 0.976. The van der Waals surface area contributed by atoms with Gasteiger partial charge in [-0.1, -0.05) is 21.8 Å². The van der Waals surface area contributed by atoms with Crippen LogP contribution in [0.3, 0.4) is 0 Å². The third kappa shape index (κ3) is 3.64. The second-order valence-electron chi connectivity index (χ2n) is 2.58. The first-order valence-electron chi connectivity index (χ1n) is 3.78. The molecule has 0 aliphatic rings. The molecule has 0 amide bonds. The van der Waals surface area contributed by atoms with Crippen molar-refractivity contribution in [3.63, 3.8) is 0 Å². The normalized spacial score (nSPS) is 12.0. The van der Waals surface area contributed by atoms with Gasteiger partial charge in [0, 0.05) is 6.54 Å². The zero-order valence-corrected chi connectivity index (χ0v) is 8.91. The van der Waals surface area contributed by atoms with Gasteiger partial charge in [0.05, 0.1) is 11.6 Å². The van der Waals surface area contributed by atoms with Crippen molar-refractivity contribution in [1.82, 2.24) is 4.72 Å². The summed E-state index contributed by atoms with van der Waals surface area (Å²) in [6, 6.07) is 9.58. The van der Waals surface area contributed by atoms with Crippen molar-refractivity contribution in [2.24, 2.45) is 0 Å². The van der Waals surface area contributed by atoms with Crippen LogP contribution < -0.4 is 4.72 Å². The first-order chi connectivity index (χ1) is 6.22. The fourth-order valence-electron chi connectivity index (χ4n) is 0.882. The van der Waals surface area contributed by atoms with Crippen molar-refractivity contribution in [1.29, 1.82) is 5.26 Å². The molecule has 0 aliphatic carbocycles. The van der Waals surface area contributed by atoms with Crippen molar-refractivity contribution >= 4 is 20.8 Å². The highest BCUT2D eigenvalue weighted by molar-refractivity contribution is 8.27. The Kier molecular flexibility index (Phi) is 4.03. The van der Waals surface area contributed by atoms with Gasteiger partial charge in [0.25, 0.3) is 0 Å². The van der Waals surface area contributed by atoms with Crippen LogP contribution in [0.25, 0.3) is 0 Å². The van der Waals surface area contributed by atoms with Crippen LogP contribution in [0.5, 0.6) is 0 Å². The monoisotopic (exact) mass is 210 g/mol. The molecule has 13 heavy (non-hydrogen) atoms. The van der Waals surface area contributed by atoms with Gasteiger partial charge in [-0.25, -0.2) is 0 Å². The molecule has 0 saturated carbocycles. The van der Waals surface area contributed by atoms with Gasteiger partial charge in [-0.2, -0.15) is 5.26 Å². The highest BCUT2D eigenvalue weighted by atomic mass is 32.8. The number of rotatable bonds is 3. The van der Waals surface area contributed by atoms with Crippen molar-refractivity contribution in [2.75, 3.05) is 6.26 Å². The molecular weight excluding hydrogens is 200 g/mol. The molecule has 2 nitrogen and oxygen atoms in total. The molecule has 0 radical (unpaired) electrons. The molecular formula is C9H10N2S2. The minimum Gasteiger partial charge on any atom is -0.257 e. The van der Waals surface area contributed by atoms with Gasteiger partial charge in [-0.3, -0.25) is 4.72 Å². The predicted octanol–water partition coefficient (Wildman–Crippen LogP) is 1.27. The van der Waals surface area contributed by atoms with Crippen LogP contribution in [0.1, 0.15) is 11.1 Å². The first kappa shape index (κ1) is 10.3. The molecule has 0 fully saturated rings. The standard InChI is InChI=1S/C9H10N2S2/c1-13(12)11-7-9-4-2-8(6-10)3-5-9/h2-5,11H,7H2,1H3. The van der Waals surface area contributed by atoms with Crippen LogP contribution >= 0.6 is 0 Å². The Balaban J connectivity index is 2.60. The number of benzene rings is 1. The Bertz CT molecular complexity index is 338. The van der Waals surface area contributed by atoms with E-state index < -0.39 is 0 Å². The Hall–Kier alpha value is -0.760. The summed E-state index contributed by atoms with van der Waals surface area (Å²) < 4.78 is 3.16. The highest BCUT2D eigenvalue weighted by Crippen LogP contribution is 2.02. The summed E-state index contributed by atoms with van der Waals surface area (Å²) in [5.74, 6) is 0. The smallest absolute Gasteiger partial charge is 0.0991 e. The lowest BCUT2D eigenvalue weighted by Crippen LogP contribution is -2.13. The number of nitrogens with one attached hydrogen (secondary N) is 1. The summed E-state index contributed by atoms with van der Waals surface area (Å²) in [6.45, 7) is 0.773. The fraction of sp³-hybridized carbons (Fsp3) is 0.222. The van der Waals surface area contributed by atoms with Gasteiger partial charge in [0.2, 0.25) is 0 Å². The van der Waals surface area contributed by atoms with E-state index in [0.717, 1.165) is 12.1 Å². The Morgan fingerprint density at radius 3 is 2.54 bits per heavy atom. The van der Waals surface area contributed by atoms with Crippen LogP contribution in [0, 0.1) is 11.3 Å². The summed E-state index contributed by atoms with van der Waals surface area (Å²) in [6.07, 6.45) is 1.96. The first-order valence-corrected chi connectivity index (χ1v) is 6.34. The molecule has 68 valence electrons. The van der Waals surface area contributed by atoms with Gasteiger partial charge in [-0.15, -0.1) is 0 Å². The van der Waals surface area contributed by atoms with Crippen molar-refractivity contribution in [3.8, 4) is 6.07 Å². The lowest BCUT2D eigenvalue weighted by atomic mass is 10.1. The molecule has 1 N–H and O–H groups in total. The number of nitriles is 1. The van der Waals surface area contributed by atoms with E-state index in [9.17, 15) is 0 Å². The average molecular weight is 210 g/mol. The summed E-state index contributed by atoms with van der Waals surface area (Å²) in [4.78, 5) is 0. The largest absolute Gasteiger partial charge is 0.257 e. The quantitative estimate of drug-likeness (QED) is 0.816. The molecule has 4 heteroatoms. The van der Waals surface area contributed by atoms with Gasteiger partial charge in [0.15, 0.2) is 0 Å². The Labute approximate surface area is 85.3 Å². The van der Waals surface area contributed by atoms with E-state index in [-0.39, 0.29) is 9.64 Å². The summed E-state index contributed by atoms with van der Waals surface area (Å²) in [7, 11) is -0.155. The van der Waals surface area contributed by atoms with E-state index in [4.69, 9.17) is 16.4 Å². The molecule has 0 heterocycles. The van der Waals surface area contributed by atoms with E-state index in [1.807, 2.05) is 30.5 Å². The predicted molar refractivity (Wildman–Crippen MR) is 58.7 cm³/mol. The molecule has 0 bridgehead atoms. The van der Waals surface area contributed by atoms with Gasteiger partial charge < -0.3 is 0 Å². The molecule has 1 atom stereocenters. The van der Waals surface area contributed by atoms with Crippen LogP contribution in [0.2, 0.25) is 0 Å². The summed E-state index contributed by atoms with van der Waals surface area (Å²) >= 11 is 4.99. The minimum absolute atomic E-state index is 0.155. The van der Waals surface area contributed by atoms with Crippen molar-refractivity contribution in [3.05, 3.63) is 35.4 Å². The number of hydrogen-bond acceptors (Lipinski definition) is 2. The fourth-order valence-corrected chi connectivity index (χ4v) is 1.43. The van der Waals surface area contributed by atoms with E-state index in [1.165, 1.54) is 0 Å². The molecule has 0 saturated heterocycles. The molecule has 0 aliphatic heterocycles. The molecule has 1 aromatic rings. The molecule has 0 spiro atoms. The van der Waals surface area contributed by atoms with Crippen molar-refractivity contribution in [2.45, 2.75) is 6.54 Å². The van der Waals surface area contributed by atoms with Gasteiger partial charge >= 0.3 is 0 Å². The number of nitrogens with zero attached hydrogens (tertiary/aromatic N) is 1. The van der Waals surface area contributed by atoms with E-state index in [2.05, 4.69) is 10.8 Å². The highest BCUT2D eigenvalue weighted by Gasteiger charge is 1.93. The van der Waals surface area contributed by atoms with E-state index in [1.54, 1.807) is 0 Å². The maximum absolute atomic E-state index is 8.57. The van der Waals surface area contributed by atoms with Crippen LogP contribution in [0.15, 0.2) is 24.3 Å². The van der Waals surface area contributed by atoms with E-state index in [0.29, 0.717) is 5.56 Å². The van der Waals surface area contributed by atoms with Crippen LogP contribution in [0.4, 0.5) is 0 Å². The molecule has 1 aromatic carbocycles. The zero-order valence-electron chi connectivity index (χ0n) is 7.28. The van der Waals surface area contributed by atoms with Gasteiger partial charge in [0.1, 0.15) is 0 Å². The second-order valence-corrected chi connectivity index (χ2v) is 5.28. The third-order valence-electron chi connectivity index (χ3n) is 1.56. The topological polar surface area (TPSA) is 35.8 Å². The molecule has 0 aromatic heterocycles. The van der Waals surface area contributed by atoms with Crippen LogP contribution in [-0.2, 0) is 27.4 Å². The summed E-state index contributed by atoms with van der Waals surface area (Å²) in [5, 5.41) is 8.57. The Morgan fingerprint density at radius 1 is 1.46 bits per heavy atom. The number of hydrogen-bond donors (Lipinski definition) is 1. The molecule has 1 rings (SSSR count).